The van der Waals surface area contributed by atoms with Crippen LogP contribution in [-0.4, -0.2) is 47.9 Å². The van der Waals surface area contributed by atoms with Crippen molar-refractivity contribution >= 4 is 23.3 Å². The molecule has 0 radical (unpaired) electrons. The summed E-state index contributed by atoms with van der Waals surface area (Å²) in [6.07, 6.45) is -5.08. The van der Waals surface area contributed by atoms with Gasteiger partial charge in [-0.05, 0) is 6.92 Å². The van der Waals surface area contributed by atoms with Crippen LogP contribution in [0.1, 0.15) is 28.3 Å². The molecule has 2 heterocycles. The van der Waals surface area contributed by atoms with Crippen molar-refractivity contribution in [1.82, 2.24) is 10.3 Å². The number of hydrogen-bond acceptors (Lipinski definition) is 6. The Hall–Kier alpha value is -1.68. The lowest BCUT2D eigenvalue weighted by molar-refractivity contribution is -0.192. The van der Waals surface area contributed by atoms with Gasteiger partial charge >= 0.3 is 18.1 Å². The first-order valence-electron chi connectivity index (χ1n) is 5.89. The fourth-order valence-corrected chi connectivity index (χ4v) is 2.13. The number of carboxylic acids is 1. The first-order chi connectivity index (χ1) is 9.75. The maximum atomic E-state index is 11.3. The van der Waals surface area contributed by atoms with E-state index in [1.807, 2.05) is 0 Å². The predicted octanol–water partition coefficient (Wildman–Crippen LogP) is 1.64. The third-order valence-electron chi connectivity index (χ3n) is 2.38. The third-order valence-corrected chi connectivity index (χ3v) is 3.39. The standard InChI is InChI=1S/C9H12N2O2S.C2HF3O2/c1-2-13-9(12)7-5-14-8(11-7)6-3-10-4-6;3-2(4,5)1(6)7/h5-6,10H,2-4H2,1H3;(H,6,7). The summed E-state index contributed by atoms with van der Waals surface area (Å²) in [5, 5.41) is 13.1. The van der Waals surface area contributed by atoms with Gasteiger partial charge in [0.25, 0.3) is 0 Å². The number of nitrogens with one attached hydrogen (secondary N) is 1. The van der Waals surface area contributed by atoms with Crippen molar-refractivity contribution in [2.45, 2.75) is 19.0 Å². The summed E-state index contributed by atoms with van der Waals surface area (Å²) in [5.74, 6) is -2.59. The Labute approximate surface area is 121 Å². The summed E-state index contributed by atoms with van der Waals surface area (Å²) in [5.41, 5.74) is 0.443. The lowest BCUT2D eigenvalue weighted by Gasteiger charge is -2.24. The summed E-state index contributed by atoms with van der Waals surface area (Å²) in [4.78, 5) is 24.4. The molecule has 0 aliphatic carbocycles. The topological polar surface area (TPSA) is 88.5 Å². The molecule has 118 valence electrons. The highest BCUT2D eigenvalue weighted by molar-refractivity contribution is 7.09. The molecule has 1 aromatic rings. The second-order valence-corrected chi connectivity index (χ2v) is 4.84. The van der Waals surface area contributed by atoms with E-state index < -0.39 is 12.1 Å². The Balaban J connectivity index is 0.000000270. The highest BCUT2D eigenvalue weighted by Gasteiger charge is 2.38. The highest BCUT2D eigenvalue weighted by atomic mass is 32.1. The van der Waals surface area contributed by atoms with Gasteiger partial charge in [-0.2, -0.15) is 13.2 Å². The van der Waals surface area contributed by atoms with Gasteiger partial charge < -0.3 is 15.2 Å². The van der Waals surface area contributed by atoms with Gasteiger partial charge in [0.05, 0.1) is 11.6 Å². The van der Waals surface area contributed by atoms with Crippen LogP contribution in [0.15, 0.2) is 5.38 Å². The molecule has 0 atom stereocenters. The zero-order valence-corrected chi connectivity index (χ0v) is 11.8. The van der Waals surface area contributed by atoms with Crippen LogP contribution in [0.25, 0.3) is 0 Å². The van der Waals surface area contributed by atoms with E-state index in [1.165, 1.54) is 11.3 Å². The quantitative estimate of drug-likeness (QED) is 0.821. The Morgan fingerprint density at radius 2 is 2.10 bits per heavy atom. The fourth-order valence-electron chi connectivity index (χ4n) is 1.24. The Morgan fingerprint density at radius 3 is 2.48 bits per heavy atom. The molecule has 1 aliphatic heterocycles. The molecule has 0 spiro atoms. The van der Waals surface area contributed by atoms with Crippen LogP contribution < -0.4 is 5.32 Å². The molecular formula is C11H13F3N2O4S. The molecule has 1 fully saturated rings. The monoisotopic (exact) mass is 326 g/mol. The number of alkyl halides is 3. The van der Waals surface area contributed by atoms with Gasteiger partial charge in [-0.1, -0.05) is 0 Å². The number of aliphatic carboxylic acids is 1. The van der Waals surface area contributed by atoms with E-state index in [-0.39, 0.29) is 5.97 Å². The van der Waals surface area contributed by atoms with E-state index in [0.29, 0.717) is 18.2 Å². The van der Waals surface area contributed by atoms with Crippen LogP contribution in [0.3, 0.4) is 0 Å². The van der Waals surface area contributed by atoms with Gasteiger partial charge in [-0.3, -0.25) is 0 Å². The Bertz CT molecular complexity index is 500. The highest BCUT2D eigenvalue weighted by Crippen LogP contribution is 2.23. The van der Waals surface area contributed by atoms with Crippen LogP contribution in [0.5, 0.6) is 0 Å². The van der Waals surface area contributed by atoms with E-state index in [1.54, 1.807) is 12.3 Å². The normalized spacial score (nSPS) is 14.7. The van der Waals surface area contributed by atoms with Gasteiger partial charge in [0.1, 0.15) is 0 Å². The van der Waals surface area contributed by atoms with E-state index in [4.69, 9.17) is 14.6 Å². The number of carboxylic acid groups (broad SMARTS) is 1. The van der Waals surface area contributed by atoms with Gasteiger partial charge in [0.15, 0.2) is 5.69 Å². The molecule has 1 aromatic heterocycles. The first-order valence-corrected chi connectivity index (χ1v) is 6.77. The number of ether oxygens (including phenoxy) is 1. The van der Waals surface area contributed by atoms with Crippen molar-refractivity contribution in [3.63, 3.8) is 0 Å². The maximum absolute atomic E-state index is 11.3. The first kappa shape index (κ1) is 17.4. The molecule has 21 heavy (non-hydrogen) atoms. The average Bonchev–Trinajstić information content (AvgIpc) is 2.76. The number of rotatable bonds is 3. The number of esters is 1. The molecule has 0 saturated carbocycles. The largest absolute Gasteiger partial charge is 0.490 e. The van der Waals surface area contributed by atoms with Crippen molar-refractivity contribution in [2.75, 3.05) is 19.7 Å². The molecule has 0 aromatic carbocycles. The van der Waals surface area contributed by atoms with Crippen LogP contribution >= 0.6 is 11.3 Å². The van der Waals surface area contributed by atoms with Crippen LogP contribution in [-0.2, 0) is 9.53 Å². The number of carbonyl (C=O) groups excluding carboxylic acids is 1. The van der Waals surface area contributed by atoms with Gasteiger partial charge in [0.2, 0.25) is 0 Å². The smallest absolute Gasteiger partial charge is 0.475 e. The molecule has 1 aliphatic rings. The molecular weight excluding hydrogens is 313 g/mol. The van der Waals surface area contributed by atoms with Crippen molar-refractivity contribution in [2.24, 2.45) is 0 Å². The Morgan fingerprint density at radius 1 is 1.52 bits per heavy atom. The van der Waals surface area contributed by atoms with E-state index in [0.717, 1.165) is 18.1 Å². The zero-order chi connectivity index (χ0) is 16.0. The summed E-state index contributed by atoms with van der Waals surface area (Å²) >= 11 is 1.54. The average molecular weight is 326 g/mol. The SMILES string of the molecule is CCOC(=O)c1csc(C2CNC2)n1.O=C(O)C(F)(F)F. The molecule has 1 saturated heterocycles. The van der Waals surface area contributed by atoms with Crippen LogP contribution in [0, 0.1) is 0 Å². The number of halogens is 3. The minimum atomic E-state index is -5.08. The van der Waals surface area contributed by atoms with E-state index >= 15 is 0 Å². The summed E-state index contributed by atoms with van der Waals surface area (Å²) in [6, 6.07) is 0. The predicted molar refractivity (Wildman–Crippen MR) is 67.4 cm³/mol. The number of carbonyl (C=O) groups is 2. The third kappa shape index (κ3) is 5.31. The zero-order valence-electron chi connectivity index (χ0n) is 10.9. The minimum Gasteiger partial charge on any atom is -0.475 e. The number of hydrogen-bond donors (Lipinski definition) is 2. The van der Waals surface area contributed by atoms with E-state index in [2.05, 4.69) is 10.3 Å². The van der Waals surface area contributed by atoms with Crippen molar-refractivity contribution in [1.29, 1.82) is 0 Å². The van der Waals surface area contributed by atoms with Gasteiger partial charge in [-0.25, -0.2) is 14.6 Å². The molecule has 2 N–H and O–H groups in total. The summed E-state index contributed by atoms with van der Waals surface area (Å²) in [6.45, 7) is 4.13. The van der Waals surface area contributed by atoms with Crippen molar-refractivity contribution < 1.29 is 32.6 Å². The lowest BCUT2D eigenvalue weighted by Crippen LogP contribution is -2.39. The fraction of sp³-hybridized carbons (Fsp3) is 0.545. The lowest BCUT2D eigenvalue weighted by atomic mass is 10.1. The Kier molecular flexibility index (Phi) is 6.09. The molecule has 2 rings (SSSR count). The van der Waals surface area contributed by atoms with Crippen molar-refractivity contribution in [3.05, 3.63) is 16.1 Å². The second kappa shape index (κ2) is 7.36. The minimum absolute atomic E-state index is 0.317. The number of aromatic nitrogens is 1. The van der Waals surface area contributed by atoms with Crippen LogP contribution in [0.4, 0.5) is 13.2 Å². The molecule has 0 amide bonds. The van der Waals surface area contributed by atoms with E-state index in [9.17, 15) is 18.0 Å². The van der Waals surface area contributed by atoms with Gasteiger partial charge in [-0.15, -0.1) is 11.3 Å². The molecule has 10 heteroatoms. The summed E-state index contributed by atoms with van der Waals surface area (Å²) in [7, 11) is 0. The van der Waals surface area contributed by atoms with Crippen molar-refractivity contribution in [3.8, 4) is 0 Å². The maximum Gasteiger partial charge on any atom is 0.490 e. The second-order valence-electron chi connectivity index (χ2n) is 3.95. The van der Waals surface area contributed by atoms with Crippen LogP contribution in [0.2, 0.25) is 0 Å². The molecule has 0 unspecified atom stereocenters. The van der Waals surface area contributed by atoms with Gasteiger partial charge in [0, 0.05) is 24.4 Å². The molecule has 0 bridgehead atoms. The summed E-state index contributed by atoms with van der Waals surface area (Å²) < 4.78 is 36.6. The number of nitrogens with zero attached hydrogens (tertiary/aromatic N) is 1. The molecule has 6 nitrogen and oxygen atoms in total. The number of thiazole rings is 1.